The van der Waals surface area contributed by atoms with E-state index in [1.54, 1.807) is 24.5 Å². The van der Waals surface area contributed by atoms with Gasteiger partial charge in [-0.2, -0.15) is 0 Å². The lowest BCUT2D eigenvalue weighted by Crippen LogP contribution is -2.16. The number of fused-ring (bicyclic) bond motifs is 3. The Morgan fingerprint density at radius 2 is 1.83 bits per heavy atom. The molecule has 1 amide bonds. The molecular weight excluding hydrogens is 548 g/mol. The van der Waals surface area contributed by atoms with Crippen LogP contribution in [0.4, 0.5) is 5.82 Å². The fraction of sp³-hybridized carbons (Fsp3) is 0.156. The Morgan fingerprint density at radius 1 is 0.952 bits per heavy atom. The first-order valence-electron chi connectivity index (χ1n) is 13.7. The molecule has 0 saturated carbocycles. The van der Waals surface area contributed by atoms with Crippen molar-refractivity contribution in [2.75, 3.05) is 18.4 Å². The lowest BCUT2D eigenvalue weighted by molar-refractivity contribution is 0.100. The maximum Gasteiger partial charge on any atom is 0.248 e. The lowest BCUT2D eigenvalue weighted by Gasteiger charge is -2.12. The van der Waals surface area contributed by atoms with Gasteiger partial charge in [-0.05, 0) is 35.4 Å². The Morgan fingerprint density at radius 3 is 2.67 bits per heavy atom. The van der Waals surface area contributed by atoms with Crippen molar-refractivity contribution in [1.82, 2.24) is 30.3 Å². The molecule has 3 heterocycles. The van der Waals surface area contributed by atoms with E-state index in [1.807, 2.05) is 47.3 Å². The first-order valence-corrected chi connectivity index (χ1v) is 14.1. The number of carbonyl (C=O) groups is 1. The molecule has 0 saturated heterocycles. The molecular formula is C32H29ClN8O. The van der Waals surface area contributed by atoms with Crippen LogP contribution < -0.4 is 16.4 Å². The zero-order valence-corrected chi connectivity index (χ0v) is 23.6. The third kappa shape index (κ3) is 6.07. The minimum Gasteiger partial charge on any atom is -0.368 e. The van der Waals surface area contributed by atoms with Gasteiger partial charge in [-0.3, -0.25) is 14.5 Å². The fourth-order valence-electron chi connectivity index (χ4n) is 4.96. The van der Waals surface area contributed by atoms with E-state index in [0.717, 1.165) is 63.1 Å². The molecule has 0 fully saturated rings. The van der Waals surface area contributed by atoms with Gasteiger partial charge in [0.2, 0.25) is 5.91 Å². The quantitative estimate of drug-likeness (QED) is 0.142. The number of halogens is 1. The minimum atomic E-state index is -0.487. The van der Waals surface area contributed by atoms with Crippen molar-refractivity contribution in [3.63, 3.8) is 0 Å². The Labute approximate surface area is 247 Å². The molecule has 0 aliphatic rings. The van der Waals surface area contributed by atoms with Crippen LogP contribution in [0.2, 0.25) is 5.02 Å². The summed E-state index contributed by atoms with van der Waals surface area (Å²) in [6, 6.07) is 23.5. The van der Waals surface area contributed by atoms with Gasteiger partial charge < -0.3 is 16.4 Å². The van der Waals surface area contributed by atoms with Crippen LogP contribution in [0.1, 0.15) is 21.6 Å². The maximum absolute atomic E-state index is 11.7. The monoisotopic (exact) mass is 576 g/mol. The molecule has 4 N–H and O–H groups in total. The normalized spacial score (nSPS) is 11.3. The van der Waals surface area contributed by atoms with Crippen molar-refractivity contribution in [3.8, 4) is 11.1 Å². The highest BCUT2D eigenvalue weighted by Crippen LogP contribution is 2.30. The molecule has 6 aromatic rings. The zero-order valence-electron chi connectivity index (χ0n) is 22.8. The van der Waals surface area contributed by atoms with E-state index in [1.165, 1.54) is 0 Å². The second-order valence-corrected chi connectivity index (χ2v) is 10.4. The van der Waals surface area contributed by atoms with Gasteiger partial charge in [0.1, 0.15) is 5.82 Å². The molecule has 42 heavy (non-hydrogen) atoms. The summed E-state index contributed by atoms with van der Waals surface area (Å²) in [7, 11) is 0. The highest BCUT2D eigenvalue weighted by atomic mass is 35.5. The number of nitrogens with two attached hydrogens (primary N) is 1. The number of carbonyl (C=O) groups excluding carboxylic acids is 1. The minimum absolute atomic E-state index is 0.415. The van der Waals surface area contributed by atoms with Crippen LogP contribution in [-0.2, 0) is 19.5 Å². The average molecular weight is 577 g/mol. The topological polar surface area (TPSA) is 124 Å². The standard InChI is InChI=1S/C32H29ClN8O/c33-29-16-21(6-8-25(29)22-4-2-1-3-5-22)18-35-12-10-24-20-41(40-39-24)15-14-37-32-27-11-13-36-19-28(27)26-9-7-23(31(34)42)17-30(26)38-32/h1-9,11,13,16-17,19-20,35H,10,12,14-15,18H2,(H2,34,42)(H,37,38). The molecule has 0 spiro atoms. The Bertz CT molecular complexity index is 1870. The molecule has 0 bridgehead atoms. The van der Waals surface area contributed by atoms with Crippen LogP contribution >= 0.6 is 11.6 Å². The van der Waals surface area contributed by atoms with Crippen molar-refractivity contribution < 1.29 is 4.79 Å². The number of anilines is 1. The van der Waals surface area contributed by atoms with Gasteiger partial charge in [0.05, 0.1) is 17.8 Å². The molecule has 10 heteroatoms. The summed E-state index contributed by atoms with van der Waals surface area (Å²) in [5.41, 5.74) is 10.8. The summed E-state index contributed by atoms with van der Waals surface area (Å²) in [4.78, 5) is 20.7. The predicted molar refractivity (Wildman–Crippen MR) is 166 cm³/mol. The number of amides is 1. The van der Waals surface area contributed by atoms with Gasteiger partial charge in [0.15, 0.2) is 0 Å². The van der Waals surface area contributed by atoms with Crippen LogP contribution in [-0.4, -0.2) is 44.0 Å². The molecule has 0 unspecified atom stereocenters. The van der Waals surface area contributed by atoms with Crippen LogP contribution in [0.15, 0.2) is 91.4 Å². The fourth-order valence-corrected chi connectivity index (χ4v) is 5.27. The summed E-state index contributed by atoms with van der Waals surface area (Å²) in [6.45, 7) is 2.69. The van der Waals surface area contributed by atoms with Crippen LogP contribution in [0.3, 0.4) is 0 Å². The van der Waals surface area contributed by atoms with E-state index in [2.05, 4.69) is 50.2 Å². The number of hydrogen-bond acceptors (Lipinski definition) is 7. The van der Waals surface area contributed by atoms with Gasteiger partial charge >= 0.3 is 0 Å². The lowest BCUT2D eigenvalue weighted by atomic mass is 10.0. The van der Waals surface area contributed by atoms with Crippen LogP contribution in [0, 0.1) is 0 Å². The molecule has 0 aliphatic heterocycles. The van der Waals surface area contributed by atoms with E-state index in [0.29, 0.717) is 30.0 Å². The van der Waals surface area contributed by atoms with E-state index in [4.69, 9.17) is 22.3 Å². The van der Waals surface area contributed by atoms with Crippen molar-refractivity contribution in [2.24, 2.45) is 5.73 Å². The number of pyridine rings is 2. The SMILES string of the molecule is NC(=O)c1ccc2c(c1)nc(NCCn1cc(CCNCc3ccc(-c4ccccc4)c(Cl)c3)nn1)c1ccncc12. The highest BCUT2D eigenvalue weighted by Gasteiger charge is 2.11. The smallest absolute Gasteiger partial charge is 0.248 e. The highest BCUT2D eigenvalue weighted by molar-refractivity contribution is 6.33. The Balaban J connectivity index is 1.02. The number of nitrogens with one attached hydrogen (secondary N) is 2. The van der Waals surface area contributed by atoms with Gasteiger partial charge in [-0.15, -0.1) is 5.10 Å². The molecule has 3 aromatic heterocycles. The summed E-state index contributed by atoms with van der Waals surface area (Å²) >= 11 is 6.55. The number of nitrogens with zero attached hydrogens (tertiary/aromatic N) is 5. The summed E-state index contributed by atoms with van der Waals surface area (Å²) < 4.78 is 1.82. The first kappa shape index (κ1) is 27.3. The summed E-state index contributed by atoms with van der Waals surface area (Å²) in [6.07, 6.45) is 6.27. The maximum atomic E-state index is 11.7. The molecule has 0 aliphatic carbocycles. The summed E-state index contributed by atoms with van der Waals surface area (Å²) in [5.74, 6) is 0.224. The largest absolute Gasteiger partial charge is 0.368 e. The van der Waals surface area contributed by atoms with Gasteiger partial charge in [0.25, 0.3) is 0 Å². The van der Waals surface area contributed by atoms with Crippen molar-refractivity contribution in [1.29, 1.82) is 0 Å². The third-order valence-corrected chi connectivity index (χ3v) is 7.42. The third-order valence-electron chi connectivity index (χ3n) is 7.11. The van der Waals surface area contributed by atoms with Gasteiger partial charge in [-0.25, -0.2) is 4.98 Å². The van der Waals surface area contributed by atoms with E-state index >= 15 is 0 Å². The van der Waals surface area contributed by atoms with Crippen molar-refractivity contribution in [3.05, 3.63) is 113 Å². The van der Waals surface area contributed by atoms with E-state index in [-0.39, 0.29) is 0 Å². The number of primary amides is 1. The van der Waals surface area contributed by atoms with E-state index < -0.39 is 5.91 Å². The van der Waals surface area contributed by atoms with Gasteiger partial charge in [-0.1, -0.05) is 65.3 Å². The average Bonchev–Trinajstić information content (AvgIpc) is 3.47. The zero-order chi connectivity index (χ0) is 28.9. The predicted octanol–water partition coefficient (Wildman–Crippen LogP) is 5.24. The van der Waals surface area contributed by atoms with Crippen molar-refractivity contribution in [2.45, 2.75) is 19.5 Å². The van der Waals surface area contributed by atoms with Crippen LogP contribution in [0.5, 0.6) is 0 Å². The van der Waals surface area contributed by atoms with Gasteiger partial charge in [0, 0.05) is 77.0 Å². The Kier molecular flexibility index (Phi) is 8.02. The second kappa shape index (κ2) is 12.3. The van der Waals surface area contributed by atoms with E-state index in [9.17, 15) is 4.79 Å². The number of hydrogen-bond donors (Lipinski definition) is 3. The number of rotatable bonds is 11. The molecule has 210 valence electrons. The molecule has 0 radical (unpaired) electrons. The summed E-state index contributed by atoms with van der Waals surface area (Å²) in [5, 5.41) is 19.0. The second-order valence-electron chi connectivity index (χ2n) is 9.98. The molecule has 6 rings (SSSR count). The molecule has 0 atom stereocenters. The Hall–Kier alpha value is -4.86. The molecule has 3 aromatic carbocycles. The van der Waals surface area contributed by atoms with Crippen molar-refractivity contribution >= 4 is 45.0 Å². The first-order chi connectivity index (χ1) is 20.5. The number of aromatic nitrogens is 5. The van der Waals surface area contributed by atoms with Crippen LogP contribution in [0.25, 0.3) is 32.8 Å². The molecule has 9 nitrogen and oxygen atoms in total. The number of benzene rings is 3.